The van der Waals surface area contributed by atoms with Gasteiger partial charge in [0.25, 0.3) is 0 Å². The summed E-state index contributed by atoms with van der Waals surface area (Å²) in [5.41, 5.74) is 11.1. The molecule has 6 rings (SSSR count). The Bertz CT molecular complexity index is 2190. The predicted octanol–water partition coefficient (Wildman–Crippen LogP) is 6.54. The van der Waals surface area contributed by atoms with Crippen LogP contribution in [0.4, 0.5) is 0 Å². The molecule has 3 aromatic rings. The van der Waals surface area contributed by atoms with Crippen LogP contribution in [0.3, 0.4) is 0 Å². The Balaban J connectivity index is 0.00000580. The van der Waals surface area contributed by atoms with Gasteiger partial charge in [-0.05, 0) is 82.8 Å². The van der Waals surface area contributed by atoms with Crippen molar-refractivity contribution in [3.63, 3.8) is 0 Å². The van der Waals surface area contributed by atoms with Crippen LogP contribution in [-0.2, 0) is 20.7 Å². The average molecular weight is 755 g/mol. The molecule has 2 aliphatic heterocycles. The van der Waals surface area contributed by atoms with Crippen molar-refractivity contribution in [2.75, 3.05) is 13.7 Å². The Morgan fingerprint density at radius 1 is 1.00 bits per heavy atom. The van der Waals surface area contributed by atoms with Gasteiger partial charge in [0.1, 0.15) is 6.61 Å². The van der Waals surface area contributed by atoms with Gasteiger partial charge in [-0.3, -0.25) is 9.59 Å². The summed E-state index contributed by atoms with van der Waals surface area (Å²) in [5, 5.41) is 18.1. The van der Waals surface area contributed by atoms with Gasteiger partial charge in [-0.1, -0.05) is 98.4 Å². The number of nitrogens with zero attached hydrogens (tertiary/aromatic N) is 4. The number of allylic oxidation sites excluding steroid dienone is 3. The minimum absolute atomic E-state index is 0. The molecule has 0 saturated carbocycles. The van der Waals surface area contributed by atoms with Gasteiger partial charge in [-0.2, -0.15) is 11.4 Å². The molecule has 0 spiro atoms. The number of carbonyl (C=O) groups excluding carboxylic acids is 2. The van der Waals surface area contributed by atoms with Crippen molar-refractivity contribution in [2.24, 2.45) is 23.7 Å². The van der Waals surface area contributed by atoms with E-state index in [0.29, 0.717) is 40.6 Å². The van der Waals surface area contributed by atoms with Crippen LogP contribution < -0.4 is 25.7 Å². The number of fused-ring (bicyclic) bond motifs is 7. The number of esters is 1. The first kappa shape index (κ1) is 42.3. The maximum Gasteiger partial charge on any atom is 2.00 e. The third kappa shape index (κ3) is 8.20. The molecule has 1 aliphatic carbocycles. The minimum atomic E-state index is -1.41. The van der Waals surface area contributed by atoms with E-state index in [0.717, 1.165) is 74.9 Å². The van der Waals surface area contributed by atoms with E-state index < -0.39 is 12.2 Å². The summed E-state index contributed by atoms with van der Waals surface area (Å²) in [7, 11) is 1.39. The van der Waals surface area contributed by atoms with Gasteiger partial charge in [0.05, 0.1) is 5.92 Å². The van der Waals surface area contributed by atoms with Crippen molar-refractivity contribution in [1.82, 2.24) is 15.0 Å². The molecule has 5 heterocycles. The number of hydrogen-bond donors (Lipinski definition) is 1. The second-order valence-electron chi connectivity index (χ2n) is 15.5. The van der Waals surface area contributed by atoms with Crippen LogP contribution in [0.15, 0.2) is 29.6 Å². The molecule has 4 atom stereocenters. The number of aliphatic hydroxyl groups excluding tert-OH is 1. The zero-order valence-corrected chi connectivity index (χ0v) is 35.4. The summed E-state index contributed by atoms with van der Waals surface area (Å²) in [5.74, 6) is -1.33. The number of methoxy groups -OCH3 is 1. The van der Waals surface area contributed by atoms with Crippen molar-refractivity contribution in [1.29, 1.82) is 0 Å². The largest absolute Gasteiger partial charge is 2.00 e. The molecule has 288 valence electrons. The summed E-state index contributed by atoms with van der Waals surface area (Å²) in [6.45, 7) is 21.1. The standard InChI is InChI=1S/C45H55N4O5.Mg/c1-11-29-25(6)32-20-34-27(8)31(16-17-38(50)54-19-18-24(5)15-13-14-23(3)4)42(48-34)40-41(45(52)53-10)44(51)39-28(9)35(49-43(39)40)22-37-30(12-2)26(7)33(47-37)21-36(29)46-32;/h11,18,20-23,27,31,41,45,52H,1,12-17,19H2,2-10H3,(H-,48,49,51);/q-3;+2/p-1/b24-18-,33-21+,34-20-,37-22-;/t27-,31-,41+,45?;/m0./s1. The predicted molar refractivity (Wildman–Crippen MR) is 219 cm³/mol. The number of hydrogen-bond acceptors (Lipinski definition) is 5. The minimum Gasteiger partial charge on any atom is -0.664 e. The molecule has 1 saturated heterocycles. The molecule has 0 radical (unpaired) electrons. The number of Topliss-reactive ketones (excluding diaryl/α,β-unsaturated/α-hetero) is 1. The summed E-state index contributed by atoms with van der Waals surface area (Å²) in [6.07, 6.45) is 13.0. The average Bonchev–Trinajstić information content (AvgIpc) is 3.87. The molecule has 0 aromatic carbocycles. The Kier molecular flexibility index (Phi) is 13.5. The molecule has 0 amide bonds. The Morgan fingerprint density at radius 3 is 2.38 bits per heavy atom. The van der Waals surface area contributed by atoms with E-state index in [4.69, 9.17) is 29.7 Å². The maximum atomic E-state index is 14.3. The van der Waals surface area contributed by atoms with Gasteiger partial charge in [0, 0.05) is 19.1 Å². The molecular formula is C45H54MgN4O5-2. The Labute approximate surface area is 341 Å². The molecular weight excluding hydrogens is 701 g/mol. The number of ether oxygens (including phenoxy) is 2. The molecule has 10 heteroatoms. The summed E-state index contributed by atoms with van der Waals surface area (Å²) in [6, 6.07) is 0. The van der Waals surface area contributed by atoms with Crippen LogP contribution in [0.1, 0.15) is 128 Å². The van der Waals surface area contributed by atoms with E-state index >= 15 is 0 Å². The first-order valence-corrected chi connectivity index (χ1v) is 19.4. The molecule has 1 N–H and O–H groups in total. The first-order chi connectivity index (χ1) is 25.8. The molecule has 1 unspecified atom stereocenters. The number of carbonyl (C=O) groups is 2. The number of aromatic nitrogens is 3. The zero-order chi connectivity index (χ0) is 39.0. The van der Waals surface area contributed by atoms with Crippen LogP contribution in [0.5, 0.6) is 0 Å². The summed E-state index contributed by atoms with van der Waals surface area (Å²) < 4.78 is 11.1. The fourth-order valence-electron chi connectivity index (χ4n) is 8.26. The normalized spacial score (nSPS) is 23.0. The van der Waals surface area contributed by atoms with Crippen LogP contribution in [0, 0.1) is 44.4 Å². The van der Waals surface area contributed by atoms with Crippen LogP contribution >= 0.6 is 0 Å². The van der Waals surface area contributed by atoms with Crippen LogP contribution in [0.2, 0.25) is 0 Å². The van der Waals surface area contributed by atoms with E-state index in [1.807, 2.05) is 44.2 Å². The molecule has 3 aromatic heterocycles. The van der Waals surface area contributed by atoms with Crippen LogP contribution in [-0.4, -0.2) is 59.9 Å². The Morgan fingerprint density at radius 2 is 1.71 bits per heavy atom. The third-order valence-electron chi connectivity index (χ3n) is 11.6. The fourth-order valence-corrected chi connectivity index (χ4v) is 8.26. The van der Waals surface area contributed by atoms with Crippen molar-refractivity contribution in [3.05, 3.63) is 102 Å². The monoisotopic (exact) mass is 754 g/mol. The molecule has 8 bridgehead atoms. The maximum absolute atomic E-state index is 14.3. The third-order valence-corrected chi connectivity index (χ3v) is 11.6. The van der Waals surface area contributed by atoms with E-state index in [1.54, 1.807) is 0 Å². The second-order valence-corrected chi connectivity index (χ2v) is 15.5. The van der Waals surface area contributed by atoms with E-state index in [2.05, 4.69) is 48.1 Å². The van der Waals surface area contributed by atoms with Gasteiger partial charge in [0.15, 0.2) is 12.1 Å². The molecule has 3 aliphatic rings. The van der Waals surface area contributed by atoms with E-state index in [-0.39, 0.29) is 59.7 Å². The topological polar surface area (TPSA) is 129 Å². The second kappa shape index (κ2) is 17.5. The summed E-state index contributed by atoms with van der Waals surface area (Å²) >= 11 is 0. The number of rotatable bonds is 13. The molecule has 55 heavy (non-hydrogen) atoms. The van der Waals surface area contributed by atoms with E-state index in [1.165, 1.54) is 19.1 Å². The molecule has 1 fully saturated rings. The number of ketones is 1. The van der Waals surface area contributed by atoms with Gasteiger partial charge in [-0.15, -0.1) is 33.5 Å². The number of aliphatic hydroxyl groups is 1. The summed E-state index contributed by atoms with van der Waals surface area (Å²) in [4.78, 5) is 42.7. The van der Waals surface area contributed by atoms with Crippen molar-refractivity contribution in [2.45, 2.75) is 100 Å². The SMILES string of the molecule is C=Cc1c2[n-]c(c1C)/C=C1\[N-]/C(=C3\c4[n-]c(c(C)c4C(=O)[C@@H]3C(O)OC)/C=c3\[n-]/c(c(C)c3CC)=C/2)[C@@H](CCC(=O)OC/C=C(/C)CCCC(C)C)[C@@H]1C.[Mg+2]. The van der Waals surface area contributed by atoms with Gasteiger partial charge in [0.2, 0.25) is 0 Å². The van der Waals surface area contributed by atoms with Gasteiger partial charge >= 0.3 is 29.0 Å². The van der Waals surface area contributed by atoms with E-state index in [9.17, 15) is 14.7 Å². The smallest absolute Gasteiger partial charge is 0.664 e. The quantitative estimate of drug-likeness (QED) is 0.0902. The zero-order valence-electron chi connectivity index (χ0n) is 34.0. The van der Waals surface area contributed by atoms with Crippen LogP contribution in [0.25, 0.3) is 35.2 Å². The van der Waals surface area contributed by atoms with Gasteiger partial charge < -0.3 is 34.8 Å². The first-order valence-electron chi connectivity index (χ1n) is 19.4. The molecule has 9 nitrogen and oxygen atoms in total. The van der Waals surface area contributed by atoms with Crippen molar-refractivity contribution in [3.8, 4) is 0 Å². The fraction of sp³-hybridized carbons (Fsp3) is 0.467. The van der Waals surface area contributed by atoms with Crippen molar-refractivity contribution < 1.29 is 24.2 Å². The Hall–Kier alpha value is -3.83. The van der Waals surface area contributed by atoms with Crippen molar-refractivity contribution >= 4 is 64.7 Å². The van der Waals surface area contributed by atoms with Gasteiger partial charge in [-0.25, -0.2) is 0 Å².